The van der Waals surface area contributed by atoms with E-state index in [1.165, 1.54) is 55.4 Å². The molecule has 65 heavy (non-hydrogen) atoms. The van der Waals surface area contributed by atoms with Crippen LogP contribution in [0, 0.1) is 28.6 Å². The lowest BCUT2D eigenvalue weighted by atomic mass is 9.93. The maximum Gasteiger partial charge on any atom is 0.311 e. The number of aliphatic hydroxyl groups excluding tert-OH is 1. The van der Waals surface area contributed by atoms with Crippen molar-refractivity contribution in [3.63, 3.8) is 0 Å². The first-order chi connectivity index (χ1) is 32.2. The van der Waals surface area contributed by atoms with Gasteiger partial charge in [-0.15, -0.1) is 5.10 Å². The van der Waals surface area contributed by atoms with Crippen molar-refractivity contribution in [2.75, 3.05) is 32.9 Å². The van der Waals surface area contributed by atoms with Crippen LogP contribution >= 0.6 is 0 Å². The lowest BCUT2D eigenvalue weighted by Gasteiger charge is -2.45. The van der Waals surface area contributed by atoms with Gasteiger partial charge in [-0.3, -0.25) is 28.7 Å². The molecule has 1 aromatic carbocycles. The van der Waals surface area contributed by atoms with Gasteiger partial charge in [-0.2, -0.15) is 0 Å². The van der Waals surface area contributed by atoms with E-state index in [-0.39, 0.29) is 50.6 Å². The Kier molecular flexibility index (Phi) is 16.8. The number of aryl methyl sites for hydroxylation is 1. The molecule has 17 nitrogen and oxygen atoms in total. The number of carbonyl (C=O) groups excluding carboxylic acids is 5. The molecule has 1 aliphatic heterocycles. The zero-order valence-electron chi connectivity index (χ0n) is 44.2. The maximum atomic E-state index is 14.1. The zero-order valence-corrected chi connectivity index (χ0v) is 40.2. The van der Waals surface area contributed by atoms with Gasteiger partial charge in [0.1, 0.15) is 18.5 Å². The molecule has 1 aromatic heterocycles. The van der Waals surface area contributed by atoms with Crippen LogP contribution in [-0.2, 0) is 60.6 Å². The summed E-state index contributed by atoms with van der Waals surface area (Å²) < 4.78 is 77.2. The van der Waals surface area contributed by atoms with Gasteiger partial charge in [-0.1, -0.05) is 19.9 Å². The van der Waals surface area contributed by atoms with Crippen LogP contribution in [0.1, 0.15) is 143 Å². The maximum absolute atomic E-state index is 14.1. The molecule has 1 unspecified atom stereocenters. The number of carbonyl (C=O) groups is 5. The van der Waals surface area contributed by atoms with Crippen LogP contribution in [-0.4, -0.2) is 108 Å². The fourth-order valence-corrected chi connectivity index (χ4v) is 6.35. The number of primary amides is 1. The second-order valence-corrected chi connectivity index (χ2v) is 19.6. The number of esters is 4. The number of amides is 1. The predicted molar refractivity (Wildman–Crippen MR) is 242 cm³/mol. The van der Waals surface area contributed by atoms with Crippen LogP contribution in [0.2, 0.25) is 0 Å². The first kappa shape index (κ1) is 48.2. The van der Waals surface area contributed by atoms with Crippen molar-refractivity contribution in [3.8, 4) is 11.6 Å². The third-order valence-corrected chi connectivity index (χ3v) is 10.0. The summed E-state index contributed by atoms with van der Waals surface area (Å²) in [7, 11) is 0. The van der Waals surface area contributed by atoms with E-state index in [4.69, 9.17) is 49.5 Å². The molecule has 2 heterocycles. The van der Waals surface area contributed by atoms with Crippen molar-refractivity contribution < 1.29 is 67.7 Å². The number of nitrogens with one attached hydrogen (secondary N) is 1. The third-order valence-electron chi connectivity index (χ3n) is 10.0. The van der Waals surface area contributed by atoms with Gasteiger partial charge in [0.05, 0.1) is 41.4 Å². The Morgan fingerprint density at radius 1 is 0.862 bits per heavy atom. The van der Waals surface area contributed by atoms with E-state index in [2.05, 4.69) is 5.32 Å². The molecule has 0 bridgehead atoms. The Hall–Kier alpha value is -4.74. The summed E-state index contributed by atoms with van der Waals surface area (Å²) >= 11 is 0. The average Bonchev–Trinajstić information content (AvgIpc) is 3.63. The number of hydrogen-bond acceptors (Lipinski definition) is 15. The quantitative estimate of drug-likeness (QED) is 0.0823. The highest BCUT2D eigenvalue weighted by Gasteiger charge is 2.56. The smallest absolute Gasteiger partial charge is 0.311 e. The SMILES string of the molecule is [2H]CC(C)(C)C(=O)OC[C@H]1OC(Oc2nn(CCO)c(C(C)C)c2Cc2ccc(OCCCNCCC(N)=O)cc2C)[C@H](OC(=O)C(C)(C)C[2H])[C@@H](OC(=O)C(C)(C)C[2H])[C@@H]1OC(=O)C(C)(C)C[2H]. The Morgan fingerprint density at radius 3 is 1.97 bits per heavy atom. The molecular weight excluding hydrogens is 841 g/mol. The summed E-state index contributed by atoms with van der Waals surface area (Å²) in [5, 5.41) is 18.1. The summed E-state index contributed by atoms with van der Waals surface area (Å²) in [6, 6.07) is 5.63. The molecule has 0 radical (unpaired) electrons. The van der Waals surface area contributed by atoms with Crippen LogP contribution in [0.4, 0.5) is 0 Å². The summed E-state index contributed by atoms with van der Waals surface area (Å²) in [4.78, 5) is 66.4. The molecule has 0 aliphatic carbocycles. The number of nitrogens with zero attached hydrogens (tertiary/aromatic N) is 2. The monoisotopic (exact) mass is 921 g/mol. The molecule has 5 atom stereocenters. The van der Waals surface area contributed by atoms with Crippen LogP contribution < -0.4 is 20.5 Å². The van der Waals surface area contributed by atoms with Gasteiger partial charge in [0.2, 0.25) is 24.2 Å². The molecule has 4 N–H and O–H groups in total. The van der Waals surface area contributed by atoms with Crippen LogP contribution in [0.25, 0.3) is 0 Å². The van der Waals surface area contributed by atoms with E-state index in [0.29, 0.717) is 43.1 Å². The van der Waals surface area contributed by atoms with Gasteiger partial charge in [-0.25, -0.2) is 0 Å². The molecule has 0 saturated carbocycles. The molecule has 1 saturated heterocycles. The van der Waals surface area contributed by atoms with Crippen LogP contribution in [0.15, 0.2) is 18.2 Å². The van der Waals surface area contributed by atoms with Gasteiger partial charge in [0, 0.05) is 36.1 Å². The van der Waals surface area contributed by atoms with Crippen LogP contribution in [0.3, 0.4) is 0 Å². The summed E-state index contributed by atoms with van der Waals surface area (Å²) in [5.74, 6) is -3.53. The standard InChI is InChI=1S/C48H76N4O13/c1-28(2)35-32(26-30-17-18-31(25-29(30)3)59-24-16-20-50-21-19-34(49)54)39(51-52(35)22-23-53)65-40-38(64-44(58)48(13,14)15)37(63-43(57)47(10,11)12)36(62-42(56)46(7,8)9)33(61-40)27-60-41(55)45(4,5)6/h17-18,25,28,33,36-38,40,50,53H,16,19-24,26-27H2,1-15H3,(H2,49,54)/t33-,36-,37+,38-,40?/m1/s1/i4D,7D,10D,13D. The summed E-state index contributed by atoms with van der Waals surface area (Å²) in [5.41, 5.74) is 2.62. The number of ether oxygens (including phenoxy) is 7. The minimum Gasteiger partial charge on any atom is -0.494 e. The van der Waals surface area contributed by atoms with E-state index in [0.717, 1.165) is 11.1 Å². The van der Waals surface area contributed by atoms with Crippen molar-refractivity contribution in [3.05, 3.63) is 40.6 Å². The first-order valence-corrected chi connectivity index (χ1v) is 21.9. The Morgan fingerprint density at radius 2 is 1.43 bits per heavy atom. The van der Waals surface area contributed by atoms with E-state index in [1.807, 2.05) is 39.0 Å². The van der Waals surface area contributed by atoms with Crippen molar-refractivity contribution in [1.29, 1.82) is 0 Å². The Bertz CT molecular complexity index is 2060. The fourth-order valence-electron chi connectivity index (χ4n) is 6.35. The number of aromatic nitrogens is 2. The average molecular weight is 921 g/mol. The molecule has 1 fully saturated rings. The minimum atomic E-state index is -1.77. The first-order valence-electron chi connectivity index (χ1n) is 24.7. The second kappa shape index (κ2) is 22.6. The fraction of sp³-hybridized carbons (Fsp3) is 0.708. The largest absolute Gasteiger partial charge is 0.494 e. The van der Waals surface area contributed by atoms with Gasteiger partial charge >= 0.3 is 23.9 Å². The molecule has 366 valence electrons. The van der Waals surface area contributed by atoms with Gasteiger partial charge in [0.25, 0.3) is 0 Å². The van der Waals surface area contributed by atoms with E-state index in [1.54, 1.807) is 4.68 Å². The lowest BCUT2D eigenvalue weighted by molar-refractivity contribution is -0.294. The normalized spacial score (nSPS) is 20.2. The predicted octanol–water partition coefficient (Wildman–Crippen LogP) is 5.70. The molecule has 0 spiro atoms. The number of rotatable bonds is 20. The lowest BCUT2D eigenvalue weighted by Crippen LogP contribution is -2.65. The van der Waals surface area contributed by atoms with Crippen molar-refractivity contribution >= 4 is 29.8 Å². The highest BCUT2D eigenvalue weighted by Crippen LogP contribution is 2.38. The summed E-state index contributed by atoms with van der Waals surface area (Å²) in [6.45, 7) is 16.7. The van der Waals surface area contributed by atoms with Crippen molar-refractivity contribution in [1.82, 2.24) is 15.1 Å². The van der Waals surface area contributed by atoms with Gasteiger partial charge in [0.15, 0.2) is 12.2 Å². The number of benzene rings is 1. The molecule has 2 aromatic rings. The number of nitrogens with two attached hydrogens (primary N) is 1. The third kappa shape index (κ3) is 16.0. The molecule has 1 aliphatic rings. The zero-order chi connectivity index (χ0) is 52.1. The van der Waals surface area contributed by atoms with Gasteiger partial charge < -0.3 is 49.3 Å². The second-order valence-electron chi connectivity index (χ2n) is 19.6. The minimum absolute atomic E-state index is 0.0186. The molecule has 17 heteroatoms. The highest BCUT2D eigenvalue weighted by molar-refractivity contribution is 5.78. The number of hydrogen-bond donors (Lipinski definition) is 3. The molecular formula is C48H76N4O13. The summed E-state index contributed by atoms with van der Waals surface area (Å²) in [6.07, 6.45) is -7.31. The van der Waals surface area contributed by atoms with E-state index >= 15 is 0 Å². The van der Waals surface area contributed by atoms with Crippen LogP contribution in [0.5, 0.6) is 11.6 Å². The van der Waals surface area contributed by atoms with E-state index in [9.17, 15) is 29.1 Å². The number of aliphatic hydroxyl groups is 1. The Balaban J connectivity index is 2.26. The highest BCUT2D eigenvalue weighted by atomic mass is 16.7. The van der Waals surface area contributed by atoms with Gasteiger partial charge in [-0.05, 0) is 132 Å². The van der Waals surface area contributed by atoms with Crippen molar-refractivity contribution in [2.24, 2.45) is 27.4 Å². The van der Waals surface area contributed by atoms with E-state index < -0.39 is 104 Å². The molecule has 3 rings (SSSR count). The molecule has 1 amide bonds. The Labute approximate surface area is 390 Å². The van der Waals surface area contributed by atoms with Crippen molar-refractivity contribution in [2.45, 2.75) is 166 Å². The topological polar surface area (TPSA) is 226 Å².